The number of rotatable bonds is 5. The second kappa shape index (κ2) is 7.53. The third-order valence-electron chi connectivity index (χ3n) is 4.92. The van der Waals surface area contributed by atoms with Crippen molar-refractivity contribution in [2.45, 2.75) is 38.0 Å². The standard InChI is InChI=1S/C17H27N5O3/c1-20(2)17-18-12(9-15(23)19-17)10-21(3)13-6-7-22(11-13)16(24)14-5-4-8-25-14/h9,13-14H,4-8,10-11H2,1-3H3,(H,18,19,23)/t13?,14-/m1/s1. The van der Waals surface area contributed by atoms with E-state index in [0.717, 1.165) is 31.5 Å². The number of likely N-dealkylation sites (tertiary alicyclic amines) is 1. The first-order valence-electron chi connectivity index (χ1n) is 8.82. The van der Waals surface area contributed by atoms with Crippen LogP contribution in [-0.4, -0.2) is 78.7 Å². The number of aromatic nitrogens is 2. The van der Waals surface area contributed by atoms with Crippen molar-refractivity contribution >= 4 is 11.9 Å². The Hall–Kier alpha value is -1.93. The average molecular weight is 349 g/mol. The maximum absolute atomic E-state index is 12.5. The molecule has 25 heavy (non-hydrogen) atoms. The lowest BCUT2D eigenvalue weighted by Crippen LogP contribution is -2.40. The number of ether oxygens (including phenoxy) is 1. The van der Waals surface area contributed by atoms with Gasteiger partial charge in [0.15, 0.2) is 0 Å². The zero-order valence-corrected chi connectivity index (χ0v) is 15.2. The van der Waals surface area contributed by atoms with Gasteiger partial charge in [-0.3, -0.25) is 19.5 Å². The van der Waals surface area contributed by atoms with Gasteiger partial charge in [0.1, 0.15) is 6.10 Å². The monoisotopic (exact) mass is 349 g/mol. The number of hydrogen-bond acceptors (Lipinski definition) is 6. The molecule has 1 N–H and O–H groups in total. The van der Waals surface area contributed by atoms with Crippen LogP contribution in [0.25, 0.3) is 0 Å². The molecule has 2 saturated heterocycles. The van der Waals surface area contributed by atoms with E-state index in [1.165, 1.54) is 6.07 Å². The molecule has 1 unspecified atom stereocenters. The van der Waals surface area contributed by atoms with Gasteiger partial charge in [-0.15, -0.1) is 0 Å². The van der Waals surface area contributed by atoms with Crippen molar-refractivity contribution in [1.82, 2.24) is 19.8 Å². The van der Waals surface area contributed by atoms with E-state index in [9.17, 15) is 9.59 Å². The molecule has 1 aromatic rings. The molecule has 3 heterocycles. The Labute approximate surface area is 147 Å². The third-order valence-corrected chi connectivity index (χ3v) is 4.92. The maximum Gasteiger partial charge on any atom is 0.252 e. The smallest absolute Gasteiger partial charge is 0.252 e. The summed E-state index contributed by atoms with van der Waals surface area (Å²) in [5.74, 6) is 0.676. The molecule has 2 aliphatic heterocycles. The van der Waals surface area contributed by atoms with Gasteiger partial charge >= 0.3 is 0 Å². The molecule has 0 radical (unpaired) electrons. The van der Waals surface area contributed by atoms with Crippen LogP contribution < -0.4 is 10.5 Å². The number of aromatic amines is 1. The van der Waals surface area contributed by atoms with Crippen LogP contribution in [0.5, 0.6) is 0 Å². The largest absolute Gasteiger partial charge is 0.368 e. The Kier molecular flexibility index (Phi) is 5.39. The highest BCUT2D eigenvalue weighted by Gasteiger charge is 2.34. The first-order valence-corrected chi connectivity index (χ1v) is 8.82. The van der Waals surface area contributed by atoms with Crippen LogP contribution in [0.1, 0.15) is 25.0 Å². The fraction of sp³-hybridized carbons (Fsp3) is 0.706. The highest BCUT2D eigenvalue weighted by Crippen LogP contribution is 2.21. The molecule has 8 nitrogen and oxygen atoms in total. The summed E-state index contributed by atoms with van der Waals surface area (Å²) in [5.41, 5.74) is 0.586. The summed E-state index contributed by atoms with van der Waals surface area (Å²) in [4.78, 5) is 37.3. The van der Waals surface area contributed by atoms with Crippen molar-refractivity contribution in [3.8, 4) is 0 Å². The predicted octanol–water partition coefficient (Wildman–Crippen LogP) is 0.0476. The summed E-state index contributed by atoms with van der Waals surface area (Å²) in [6.45, 7) is 2.74. The fourth-order valence-corrected chi connectivity index (χ4v) is 3.45. The summed E-state index contributed by atoms with van der Waals surface area (Å²) in [7, 11) is 5.71. The van der Waals surface area contributed by atoms with Gasteiger partial charge in [0, 0.05) is 52.4 Å². The van der Waals surface area contributed by atoms with Gasteiger partial charge in [0.2, 0.25) is 5.95 Å². The second-order valence-corrected chi connectivity index (χ2v) is 7.10. The molecule has 2 atom stereocenters. The van der Waals surface area contributed by atoms with Crippen molar-refractivity contribution in [2.75, 3.05) is 45.7 Å². The molecule has 1 amide bonds. The molecule has 2 fully saturated rings. The van der Waals surface area contributed by atoms with Crippen LogP contribution in [-0.2, 0) is 16.1 Å². The maximum atomic E-state index is 12.5. The second-order valence-electron chi connectivity index (χ2n) is 7.10. The molecule has 0 bridgehead atoms. The molecule has 2 aliphatic rings. The van der Waals surface area contributed by atoms with Crippen molar-refractivity contribution in [3.63, 3.8) is 0 Å². The molecule has 0 aliphatic carbocycles. The molecule has 8 heteroatoms. The van der Waals surface area contributed by atoms with Crippen molar-refractivity contribution in [1.29, 1.82) is 0 Å². The van der Waals surface area contributed by atoms with Crippen molar-refractivity contribution in [2.24, 2.45) is 0 Å². The van der Waals surface area contributed by atoms with Gasteiger partial charge in [0.25, 0.3) is 11.5 Å². The van der Waals surface area contributed by atoms with E-state index < -0.39 is 0 Å². The van der Waals surface area contributed by atoms with Crippen LogP contribution in [0.15, 0.2) is 10.9 Å². The Morgan fingerprint density at radius 3 is 2.88 bits per heavy atom. The minimum Gasteiger partial charge on any atom is -0.368 e. The number of H-pyrrole nitrogens is 1. The summed E-state index contributed by atoms with van der Waals surface area (Å²) in [6.07, 6.45) is 2.48. The van der Waals surface area contributed by atoms with Crippen LogP contribution in [0.3, 0.4) is 0 Å². The van der Waals surface area contributed by atoms with Crippen LogP contribution in [0.4, 0.5) is 5.95 Å². The summed E-state index contributed by atoms with van der Waals surface area (Å²) in [6, 6.07) is 1.81. The van der Waals surface area contributed by atoms with Gasteiger partial charge in [-0.1, -0.05) is 0 Å². The van der Waals surface area contributed by atoms with Crippen LogP contribution in [0.2, 0.25) is 0 Å². The molecule has 0 aromatic carbocycles. The van der Waals surface area contributed by atoms with E-state index >= 15 is 0 Å². The van der Waals surface area contributed by atoms with Crippen LogP contribution >= 0.6 is 0 Å². The Bertz CT molecular complexity index is 668. The molecule has 0 spiro atoms. The van der Waals surface area contributed by atoms with E-state index in [2.05, 4.69) is 14.9 Å². The Balaban J connectivity index is 1.60. The first-order chi connectivity index (χ1) is 11.9. The average Bonchev–Trinajstić information content (AvgIpc) is 3.25. The Morgan fingerprint density at radius 1 is 1.40 bits per heavy atom. The van der Waals surface area contributed by atoms with Crippen LogP contribution in [0, 0.1) is 0 Å². The lowest BCUT2D eigenvalue weighted by molar-refractivity contribution is -0.140. The minimum atomic E-state index is -0.249. The van der Waals surface area contributed by atoms with Crippen molar-refractivity contribution in [3.05, 3.63) is 22.1 Å². The fourth-order valence-electron chi connectivity index (χ4n) is 3.45. The Morgan fingerprint density at radius 2 is 2.20 bits per heavy atom. The summed E-state index contributed by atoms with van der Waals surface area (Å²) in [5, 5.41) is 0. The van der Waals surface area contributed by atoms with Gasteiger partial charge in [-0.2, -0.15) is 0 Å². The number of nitrogens with one attached hydrogen (secondary N) is 1. The van der Waals surface area contributed by atoms with E-state index in [4.69, 9.17) is 4.74 Å². The third kappa shape index (κ3) is 4.19. The molecule has 1 aromatic heterocycles. The number of nitrogens with zero attached hydrogens (tertiary/aromatic N) is 4. The van der Waals surface area contributed by atoms with Gasteiger partial charge in [0.05, 0.1) is 5.69 Å². The minimum absolute atomic E-state index is 0.123. The summed E-state index contributed by atoms with van der Waals surface area (Å²) < 4.78 is 5.51. The number of carbonyl (C=O) groups is 1. The lowest BCUT2D eigenvalue weighted by Gasteiger charge is -2.25. The topological polar surface area (TPSA) is 81.8 Å². The number of anilines is 1. The SMILES string of the molecule is CN(C)c1nc(CN(C)C2CCN(C(=O)[C@H]3CCCO3)C2)cc(=O)[nH]1. The number of amides is 1. The molecule has 0 saturated carbocycles. The molecule has 3 rings (SSSR count). The quantitative estimate of drug-likeness (QED) is 0.809. The number of hydrogen-bond donors (Lipinski definition) is 1. The number of likely N-dealkylation sites (N-methyl/N-ethyl adjacent to an activating group) is 1. The zero-order valence-electron chi connectivity index (χ0n) is 15.2. The van der Waals surface area contributed by atoms with Crippen molar-refractivity contribution < 1.29 is 9.53 Å². The molecular weight excluding hydrogens is 322 g/mol. The van der Waals surface area contributed by atoms with E-state index in [0.29, 0.717) is 25.6 Å². The van der Waals surface area contributed by atoms with E-state index in [1.807, 2.05) is 26.0 Å². The molecule has 138 valence electrons. The van der Waals surface area contributed by atoms with Gasteiger partial charge < -0.3 is 14.5 Å². The predicted molar refractivity (Wildman–Crippen MR) is 94.6 cm³/mol. The highest BCUT2D eigenvalue weighted by molar-refractivity contribution is 5.81. The lowest BCUT2D eigenvalue weighted by atomic mass is 10.2. The van der Waals surface area contributed by atoms with Gasteiger partial charge in [-0.25, -0.2) is 4.98 Å². The van der Waals surface area contributed by atoms with E-state index in [1.54, 1.807) is 4.90 Å². The van der Waals surface area contributed by atoms with Gasteiger partial charge in [-0.05, 0) is 26.3 Å². The normalized spacial score (nSPS) is 23.4. The van der Waals surface area contributed by atoms with E-state index in [-0.39, 0.29) is 23.6 Å². The summed E-state index contributed by atoms with van der Waals surface area (Å²) >= 11 is 0. The molecular formula is C17H27N5O3. The highest BCUT2D eigenvalue weighted by atomic mass is 16.5. The first kappa shape index (κ1) is 17.9. The number of carbonyl (C=O) groups excluding carboxylic acids is 1. The zero-order chi connectivity index (χ0) is 18.0.